The third-order valence-corrected chi connectivity index (χ3v) is 4.16. The number of rotatable bonds is 3. The summed E-state index contributed by atoms with van der Waals surface area (Å²) < 4.78 is 7.24. The summed E-state index contributed by atoms with van der Waals surface area (Å²) in [7, 11) is 2.04. The maximum atomic E-state index is 11.8. The Hall–Kier alpha value is -2.04. The van der Waals surface area contributed by atoms with Crippen LogP contribution in [0.3, 0.4) is 0 Å². The number of piperidine rings is 1. The minimum Gasteiger partial charge on any atom is -0.466 e. The predicted octanol–water partition coefficient (Wildman–Crippen LogP) is 2.35. The molecule has 0 amide bonds. The van der Waals surface area contributed by atoms with E-state index in [1.54, 1.807) is 0 Å². The van der Waals surface area contributed by atoms with Gasteiger partial charge in [0, 0.05) is 20.1 Å². The Balaban J connectivity index is 1.74. The van der Waals surface area contributed by atoms with Crippen molar-refractivity contribution < 1.29 is 9.53 Å². The molecule has 0 N–H and O–H groups in total. The van der Waals surface area contributed by atoms with Gasteiger partial charge in [0.1, 0.15) is 0 Å². The highest BCUT2D eigenvalue weighted by atomic mass is 16.5. The standard InChI is InChI=1S/C16H21N3O2/c1-3-21-15(20)12-8-10-19(11-9-12)16-17-13-6-4-5-7-14(13)18(16)2/h4-7,12H,3,8-11H2,1-2H3. The minimum atomic E-state index is -0.0536. The number of hydrogen-bond donors (Lipinski definition) is 0. The lowest BCUT2D eigenvalue weighted by Crippen LogP contribution is -2.38. The number of para-hydroxylation sites is 2. The number of aryl methyl sites for hydroxylation is 1. The molecular formula is C16H21N3O2. The lowest BCUT2D eigenvalue weighted by molar-refractivity contribution is -0.148. The molecule has 0 atom stereocenters. The first-order chi connectivity index (χ1) is 10.2. The van der Waals surface area contributed by atoms with Gasteiger partial charge in [-0.1, -0.05) is 12.1 Å². The molecule has 5 heteroatoms. The SMILES string of the molecule is CCOC(=O)C1CCN(c2nc3ccccc3n2C)CC1. The number of imidazole rings is 1. The number of carbonyl (C=O) groups excluding carboxylic acids is 1. The summed E-state index contributed by atoms with van der Waals surface area (Å²) in [6, 6.07) is 8.15. The van der Waals surface area contributed by atoms with Crippen LogP contribution in [0.5, 0.6) is 0 Å². The van der Waals surface area contributed by atoms with Gasteiger partial charge in [-0.25, -0.2) is 4.98 Å². The van der Waals surface area contributed by atoms with Crippen molar-refractivity contribution in [1.82, 2.24) is 9.55 Å². The van der Waals surface area contributed by atoms with Gasteiger partial charge in [-0.2, -0.15) is 0 Å². The largest absolute Gasteiger partial charge is 0.466 e. The molecular weight excluding hydrogens is 266 g/mol. The molecule has 1 saturated heterocycles. The first kappa shape index (κ1) is 13.9. The quantitative estimate of drug-likeness (QED) is 0.813. The van der Waals surface area contributed by atoms with Crippen LogP contribution in [-0.4, -0.2) is 35.2 Å². The van der Waals surface area contributed by atoms with Crippen LogP contribution >= 0.6 is 0 Å². The van der Waals surface area contributed by atoms with Crippen LogP contribution < -0.4 is 4.90 Å². The van der Waals surface area contributed by atoms with Crippen molar-refractivity contribution in [3.8, 4) is 0 Å². The van der Waals surface area contributed by atoms with Gasteiger partial charge in [0.15, 0.2) is 0 Å². The Labute approximate surface area is 124 Å². The average Bonchev–Trinajstić information content (AvgIpc) is 2.85. The number of benzene rings is 1. The Kier molecular flexibility index (Phi) is 3.82. The van der Waals surface area contributed by atoms with Gasteiger partial charge in [0.05, 0.1) is 23.6 Å². The van der Waals surface area contributed by atoms with Crippen molar-refractivity contribution in [2.24, 2.45) is 13.0 Å². The number of carbonyl (C=O) groups is 1. The second-order valence-electron chi connectivity index (χ2n) is 5.47. The summed E-state index contributed by atoms with van der Waals surface area (Å²) in [6.45, 7) is 4.01. The summed E-state index contributed by atoms with van der Waals surface area (Å²) in [5.41, 5.74) is 2.16. The molecule has 0 unspecified atom stereocenters. The van der Waals surface area contributed by atoms with Crippen LogP contribution in [0.2, 0.25) is 0 Å². The monoisotopic (exact) mass is 287 g/mol. The molecule has 0 bridgehead atoms. The Morgan fingerprint density at radius 3 is 2.71 bits per heavy atom. The first-order valence-electron chi connectivity index (χ1n) is 7.53. The normalized spacial score (nSPS) is 16.4. The molecule has 0 spiro atoms. The second kappa shape index (κ2) is 5.76. The van der Waals surface area contributed by atoms with Crippen molar-refractivity contribution in [1.29, 1.82) is 0 Å². The Morgan fingerprint density at radius 1 is 1.33 bits per heavy atom. The van der Waals surface area contributed by atoms with Crippen LogP contribution in [0.1, 0.15) is 19.8 Å². The van der Waals surface area contributed by atoms with E-state index in [0.29, 0.717) is 6.61 Å². The summed E-state index contributed by atoms with van der Waals surface area (Å²) in [6.07, 6.45) is 1.67. The number of fused-ring (bicyclic) bond motifs is 1. The molecule has 0 radical (unpaired) electrons. The summed E-state index contributed by atoms with van der Waals surface area (Å²) in [5, 5.41) is 0. The van der Waals surface area contributed by atoms with Crippen molar-refractivity contribution in [2.75, 3.05) is 24.6 Å². The fourth-order valence-corrected chi connectivity index (χ4v) is 2.99. The van der Waals surface area contributed by atoms with Gasteiger partial charge in [-0.05, 0) is 31.9 Å². The summed E-state index contributed by atoms with van der Waals surface area (Å²) >= 11 is 0. The van der Waals surface area contributed by atoms with E-state index in [-0.39, 0.29) is 11.9 Å². The van der Waals surface area contributed by atoms with E-state index in [2.05, 4.69) is 15.5 Å². The fourth-order valence-electron chi connectivity index (χ4n) is 2.99. The third-order valence-electron chi connectivity index (χ3n) is 4.16. The summed E-state index contributed by atoms with van der Waals surface area (Å²) in [5.74, 6) is 0.969. The zero-order valence-corrected chi connectivity index (χ0v) is 12.6. The number of hydrogen-bond acceptors (Lipinski definition) is 4. The molecule has 1 aromatic heterocycles. The lowest BCUT2D eigenvalue weighted by atomic mass is 9.97. The fraction of sp³-hybridized carbons (Fsp3) is 0.500. The smallest absolute Gasteiger partial charge is 0.309 e. The number of aromatic nitrogens is 2. The molecule has 1 aliphatic rings. The van der Waals surface area contributed by atoms with E-state index in [9.17, 15) is 4.79 Å². The molecule has 0 aliphatic carbocycles. The highest BCUT2D eigenvalue weighted by Gasteiger charge is 2.27. The van der Waals surface area contributed by atoms with E-state index >= 15 is 0 Å². The average molecular weight is 287 g/mol. The van der Waals surface area contributed by atoms with Gasteiger partial charge in [-0.15, -0.1) is 0 Å². The third kappa shape index (κ3) is 2.60. The molecule has 1 aliphatic heterocycles. The van der Waals surface area contributed by atoms with Crippen molar-refractivity contribution >= 4 is 23.0 Å². The number of nitrogens with zero attached hydrogens (tertiary/aromatic N) is 3. The maximum absolute atomic E-state index is 11.8. The molecule has 3 rings (SSSR count). The van der Waals surface area contributed by atoms with E-state index in [1.807, 2.05) is 32.2 Å². The van der Waals surface area contributed by atoms with Gasteiger partial charge in [0.25, 0.3) is 0 Å². The van der Waals surface area contributed by atoms with E-state index in [1.165, 1.54) is 0 Å². The van der Waals surface area contributed by atoms with Gasteiger partial charge < -0.3 is 14.2 Å². The molecule has 5 nitrogen and oxygen atoms in total. The Bertz CT molecular complexity index is 642. The first-order valence-corrected chi connectivity index (χ1v) is 7.53. The molecule has 1 aromatic carbocycles. The van der Waals surface area contributed by atoms with Crippen LogP contribution in [0.4, 0.5) is 5.95 Å². The van der Waals surface area contributed by atoms with E-state index < -0.39 is 0 Å². The molecule has 2 heterocycles. The molecule has 2 aromatic rings. The predicted molar refractivity (Wildman–Crippen MR) is 82.3 cm³/mol. The Morgan fingerprint density at radius 2 is 2.05 bits per heavy atom. The topological polar surface area (TPSA) is 47.4 Å². The molecule has 21 heavy (non-hydrogen) atoms. The van der Waals surface area contributed by atoms with E-state index in [4.69, 9.17) is 9.72 Å². The highest BCUT2D eigenvalue weighted by molar-refractivity contribution is 5.79. The number of esters is 1. The van der Waals surface area contributed by atoms with Crippen LogP contribution in [0.15, 0.2) is 24.3 Å². The molecule has 0 saturated carbocycles. The summed E-state index contributed by atoms with van der Waals surface area (Å²) in [4.78, 5) is 18.8. The molecule has 112 valence electrons. The van der Waals surface area contributed by atoms with Crippen molar-refractivity contribution in [3.05, 3.63) is 24.3 Å². The second-order valence-corrected chi connectivity index (χ2v) is 5.47. The van der Waals surface area contributed by atoms with E-state index in [0.717, 1.165) is 42.9 Å². The van der Waals surface area contributed by atoms with Crippen LogP contribution in [-0.2, 0) is 16.6 Å². The van der Waals surface area contributed by atoms with Gasteiger partial charge in [0.2, 0.25) is 5.95 Å². The number of ether oxygens (including phenoxy) is 1. The van der Waals surface area contributed by atoms with Crippen LogP contribution in [0.25, 0.3) is 11.0 Å². The number of anilines is 1. The maximum Gasteiger partial charge on any atom is 0.309 e. The minimum absolute atomic E-state index is 0.0379. The van der Waals surface area contributed by atoms with Crippen molar-refractivity contribution in [2.45, 2.75) is 19.8 Å². The highest BCUT2D eigenvalue weighted by Crippen LogP contribution is 2.26. The van der Waals surface area contributed by atoms with Gasteiger partial charge in [-0.3, -0.25) is 4.79 Å². The van der Waals surface area contributed by atoms with Crippen molar-refractivity contribution in [3.63, 3.8) is 0 Å². The molecule has 1 fully saturated rings. The zero-order chi connectivity index (χ0) is 14.8. The van der Waals surface area contributed by atoms with Crippen LogP contribution in [0, 0.1) is 5.92 Å². The van der Waals surface area contributed by atoms with Gasteiger partial charge >= 0.3 is 5.97 Å². The lowest BCUT2D eigenvalue weighted by Gasteiger charge is -2.31. The zero-order valence-electron chi connectivity index (χ0n) is 12.6.